The highest BCUT2D eigenvalue weighted by atomic mass is 32.2. The molecule has 0 aliphatic heterocycles. The van der Waals surface area contributed by atoms with Crippen molar-refractivity contribution in [1.29, 1.82) is 0 Å². The van der Waals surface area contributed by atoms with Crippen molar-refractivity contribution in [3.05, 3.63) is 60.2 Å². The molecule has 1 N–H and O–H groups in total. The normalized spacial score (nSPS) is 12.0. The fourth-order valence-electron chi connectivity index (χ4n) is 2.69. The lowest BCUT2D eigenvalue weighted by molar-refractivity contribution is -0.119. The third kappa shape index (κ3) is 4.77. The van der Waals surface area contributed by atoms with Crippen LogP contribution in [0.25, 0.3) is 17.1 Å². The van der Waals surface area contributed by atoms with Gasteiger partial charge in [0, 0.05) is 17.3 Å². The van der Waals surface area contributed by atoms with E-state index in [0.29, 0.717) is 10.9 Å². The van der Waals surface area contributed by atoms with E-state index in [9.17, 15) is 4.79 Å². The Morgan fingerprint density at radius 1 is 1.15 bits per heavy atom. The molecule has 1 unspecified atom stereocenters. The van der Waals surface area contributed by atoms with Gasteiger partial charge in [0.2, 0.25) is 5.91 Å². The minimum absolute atomic E-state index is 0.00871. The second kappa shape index (κ2) is 8.86. The monoisotopic (exact) mass is 380 g/mol. The van der Waals surface area contributed by atoms with Crippen molar-refractivity contribution in [1.82, 2.24) is 20.1 Å². The summed E-state index contributed by atoms with van der Waals surface area (Å²) in [5.41, 5.74) is 3.14. The van der Waals surface area contributed by atoms with Crippen LogP contribution in [0.5, 0.6) is 0 Å². The lowest BCUT2D eigenvalue weighted by Crippen LogP contribution is -2.33. The molecule has 0 aliphatic rings. The van der Waals surface area contributed by atoms with E-state index in [4.69, 9.17) is 0 Å². The van der Waals surface area contributed by atoms with Gasteiger partial charge in [-0.3, -0.25) is 9.36 Å². The van der Waals surface area contributed by atoms with Crippen molar-refractivity contribution >= 4 is 17.7 Å². The average molecular weight is 381 g/mol. The van der Waals surface area contributed by atoms with Gasteiger partial charge < -0.3 is 5.32 Å². The van der Waals surface area contributed by atoms with Crippen LogP contribution in [0.3, 0.4) is 0 Å². The molecule has 0 bridgehead atoms. The smallest absolute Gasteiger partial charge is 0.230 e. The number of carbonyl (C=O) groups excluding carboxylic acids is 1. The van der Waals surface area contributed by atoms with Crippen LogP contribution in [0.15, 0.2) is 59.8 Å². The second-order valence-corrected chi connectivity index (χ2v) is 7.45. The first kappa shape index (κ1) is 19.2. The molecule has 0 spiro atoms. The minimum Gasteiger partial charge on any atom is -0.353 e. The lowest BCUT2D eigenvalue weighted by Gasteiger charge is -2.12. The zero-order chi connectivity index (χ0) is 19.2. The van der Waals surface area contributed by atoms with E-state index in [2.05, 4.69) is 41.5 Å². The van der Waals surface area contributed by atoms with Crippen LogP contribution in [0.1, 0.15) is 25.8 Å². The van der Waals surface area contributed by atoms with Gasteiger partial charge in [-0.2, -0.15) is 0 Å². The number of thioether (sulfide) groups is 1. The average Bonchev–Trinajstić information content (AvgIpc) is 3.11. The Morgan fingerprint density at radius 3 is 2.63 bits per heavy atom. The molecule has 0 saturated heterocycles. The molecule has 27 heavy (non-hydrogen) atoms. The number of nitrogens with zero attached hydrogens (tertiary/aromatic N) is 3. The molecule has 1 heterocycles. The Balaban J connectivity index is 1.92. The summed E-state index contributed by atoms with van der Waals surface area (Å²) in [6.45, 7) is 6.12. The number of benzene rings is 2. The Kier molecular flexibility index (Phi) is 6.29. The van der Waals surface area contributed by atoms with Crippen molar-refractivity contribution in [2.24, 2.45) is 0 Å². The second-order valence-electron chi connectivity index (χ2n) is 6.51. The maximum Gasteiger partial charge on any atom is 0.230 e. The first-order valence-corrected chi connectivity index (χ1v) is 10.1. The topological polar surface area (TPSA) is 59.8 Å². The number of hydrogen-bond donors (Lipinski definition) is 1. The number of aromatic nitrogens is 3. The number of aryl methyl sites for hydroxylation is 1. The van der Waals surface area contributed by atoms with Gasteiger partial charge in [-0.15, -0.1) is 10.2 Å². The summed E-state index contributed by atoms with van der Waals surface area (Å²) in [7, 11) is 0. The third-order valence-electron chi connectivity index (χ3n) is 4.28. The molecule has 3 aromatic rings. The Hall–Kier alpha value is -2.60. The van der Waals surface area contributed by atoms with Crippen LogP contribution in [0.2, 0.25) is 0 Å². The summed E-state index contributed by atoms with van der Waals surface area (Å²) in [6.07, 6.45) is 0.911. The lowest BCUT2D eigenvalue weighted by atomic mass is 10.2. The molecule has 140 valence electrons. The number of carbonyl (C=O) groups is 1. The highest BCUT2D eigenvalue weighted by molar-refractivity contribution is 7.99. The van der Waals surface area contributed by atoms with Crippen LogP contribution in [-0.4, -0.2) is 32.5 Å². The quantitative estimate of drug-likeness (QED) is 0.623. The SMILES string of the molecule is CCC(C)NC(=O)CSc1nnc(-c2ccccc2)n1-c1cccc(C)c1. The van der Waals surface area contributed by atoms with E-state index in [1.807, 2.05) is 54.0 Å². The molecule has 3 rings (SSSR count). The largest absolute Gasteiger partial charge is 0.353 e. The predicted octanol–water partition coefficient (Wildman–Crippen LogP) is 4.25. The van der Waals surface area contributed by atoms with E-state index in [-0.39, 0.29) is 11.9 Å². The van der Waals surface area contributed by atoms with Crippen LogP contribution in [0, 0.1) is 6.92 Å². The molecule has 1 amide bonds. The van der Waals surface area contributed by atoms with Crippen LogP contribution in [0.4, 0.5) is 0 Å². The summed E-state index contributed by atoms with van der Waals surface area (Å²) >= 11 is 1.40. The van der Waals surface area contributed by atoms with Crippen molar-refractivity contribution in [2.75, 3.05) is 5.75 Å². The summed E-state index contributed by atoms with van der Waals surface area (Å²) in [6, 6.07) is 18.4. The Labute approximate surface area is 164 Å². The maximum atomic E-state index is 12.2. The van der Waals surface area contributed by atoms with Crippen LogP contribution < -0.4 is 5.32 Å². The zero-order valence-corrected chi connectivity index (χ0v) is 16.7. The highest BCUT2D eigenvalue weighted by Gasteiger charge is 2.17. The first-order chi connectivity index (χ1) is 13.1. The van der Waals surface area contributed by atoms with Gasteiger partial charge in [0.25, 0.3) is 0 Å². The van der Waals surface area contributed by atoms with E-state index >= 15 is 0 Å². The van der Waals surface area contributed by atoms with Gasteiger partial charge in [-0.25, -0.2) is 0 Å². The third-order valence-corrected chi connectivity index (χ3v) is 5.21. The van der Waals surface area contributed by atoms with Crippen molar-refractivity contribution < 1.29 is 4.79 Å². The molecule has 0 aliphatic carbocycles. The number of nitrogens with one attached hydrogen (secondary N) is 1. The van der Waals surface area contributed by atoms with Gasteiger partial charge in [0.1, 0.15) is 0 Å². The van der Waals surface area contributed by atoms with Gasteiger partial charge in [-0.1, -0.05) is 61.2 Å². The molecule has 0 saturated carbocycles. The standard InChI is InChI=1S/C21H24N4OS/c1-4-16(3)22-19(26)14-27-21-24-23-20(17-10-6-5-7-11-17)25(21)18-12-8-9-15(2)13-18/h5-13,16H,4,14H2,1-3H3,(H,22,26). The Morgan fingerprint density at radius 2 is 1.93 bits per heavy atom. The van der Waals surface area contributed by atoms with Crippen LogP contribution in [-0.2, 0) is 4.79 Å². The van der Waals surface area contributed by atoms with E-state index in [1.165, 1.54) is 11.8 Å². The zero-order valence-electron chi connectivity index (χ0n) is 15.8. The molecular formula is C21H24N4OS. The molecule has 2 aromatic carbocycles. The van der Waals surface area contributed by atoms with Crippen LogP contribution >= 0.6 is 11.8 Å². The van der Waals surface area contributed by atoms with Crippen molar-refractivity contribution in [3.8, 4) is 17.1 Å². The van der Waals surface area contributed by atoms with E-state index in [1.54, 1.807) is 0 Å². The number of amides is 1. The minimum atomic E-state index is 0.00871. The van der Waals surface area contributed by atoms with Crippen molar-refractivity contribution in [2.45, 2.75) is 38.4 Å². The summed E-state index contributed by atoms with van der Waals surface area (Å²) in [4.78, 5) is 12.2. The maximum absolute atomic E-state index is 12.2. The summed E-state index contributed by atoms with van der Waals surface area (Å²) in [5, 5.41) is 12.5. The molecule has 5 nitrogen and oxygen atoms in total. The van der Waals surface area contributed by atoms with Crippen molar-refractivity contribution in [3.63, 3.8) is 0 Å². The number of hydrogen-bond acceptors (Lipinski definition) is 4. The van der Waals surface area contributed by atoms with E-state index in [0.717, 1.165) is 29.1 Å². The molecule has 0 radical (unpaired) electrons. The first-order valence-electron chi connectivity index (χ1n) is 9.08. The summed E-state index contributed by atoms with van der Waals surface area (Å²) in [5.74, 6) is 1.09. The Bertz CT molecular complexity index is 908. The van der Waals surface area contributed by atoms with Gasteiger partial charge in [-0.05, 0) is 38.0 Å². The molecule has 1 aromatic heterocycles. The highest BCUT2D eigenvalue weighted by Crippen LogP contribution is 2.28. The van der Waals surface area contributed by atoms with Gasteiger partial charge in [0.05, 0.1) is 5.75 Å². The van der Waals surface area contributed by atoms with Gasteiger partial charge in [0.15, 0.2) is 11.0 Å². The molecule has 6 heteroatoms. The van der Waals surface area contributed by atoms with Gasteiger partial charge >= 0.3 is 0 Å². The molecule has 1 atom stereocenters. The fourth-order valence-corrected chi connectivity index (χ4v) is 3.45. The predicted molar refractivity (Wildman–Crippen MR) is 110 cm³/mol. The number of rotatable bonds is 7. The molecule has 0 fully saturated rings. The van der Waals surface area contributed by atoms with E-state index < -0.39 is 0 Å². The molecular weight excluding hydrogens is 356 g/mol. The fraction of sp³-hybridized carbons (Fsp3) is 0.286. The summed E-state index contributed by atoms with van der Waals surface area (Å²) < 4.78 is 2.02.